The monoisotopic (exact) mass is 289 g/mol. The second kappa shape index (κ2) is 8.33. The summed E-state index contributed by atoms with van der Waals surface area (Å²) in [6, 6.07) is -2.09. The molecular weight excluding hydrogens is 270 g/mol. The molecule has 0 saturated carbocycles. The Morgan fingerprint density at radius 3 is 2.45 bits per heavy atom. The molecule has 1 fully saturated rings. The van der Waals surface area contributed by atoms with E-state index in [4.69, 9.17) is 14.9 Å². The summed E-state index contributed by atoms with van der Waals surface area (Å²) in [5, 5.41) is 21.8. The van der Waals surface area contributed by atoms with Gasteiger partial charge in [-0.2, -0.15) is 0 Å². The topological polar surface area (TPSA) is 128 Å². The van der Waals surface area contributed by atoms with Crippen LogP contribution in [0.4, 0.5) is 4.79 Å². The number of carboxylic acid groups (broad SMARTS) is 1. The summed E-state index contributed by atoms with van der Waals surface area (Å²) in [4.78, 5) is 35.3. The van der Waals surface area contributed by atoms with E-state index in [1.54, 1.807) is 4.90 Å². The van der Waals surface area contributed by atoms with Crippen molar-refractivity contribution < 1.29 is 29.3 Å². The highest BCUT2D eigenvalue weighted by atomic mass is 16.5. The number of hydrogen-bond donors (Lipinski definition) is 4. The smallest absolute Gasteiger partial charge is 0.328 e. The summed E-state index contributed by atoms with van der Waals surface area (Å²) in [6.45, 7) is 1.50. The molecule has 4 N–H and O–H groups in total. The molecule has 9 nitrogen and oxygen atoms in total. The van der Waals surface area contributed by atoms with E-state index in [1.165, 1.54) is 0 Å². The minimum Gasteiger partial charge on any atom is -0.480 e. The molecule has 0 unspecified atom stereocenters. The maximum atomic E-state index is 11.7. The number of nitrogens with zero attached hydrogens (tertiary/aromatic N) is 1. The van der Waals surface area contributed by atoms with Crippen LogP contribution < -0.4 is 10.6 Å². The standard InChI is InChI=1S/C11H19N3O6/c15-7-8(10(17)18)13-11(19)12-2-1-9(16)14-3-5-20-6-4-14/h8,15H,1-7H2,(H,17,18)(H2,12,13,19)/t8-/m1/s1. The van der Waals surface area contributed by atoms with E-state index in [2.05, 4.69) is 10.6 Å². The van der Waals surface area contributed by atoms with Crippen LogP contribution in [0.25, 0.3) is 0 Å². The molecule has 9 heteroatoms. The van der Waals surface area contributed by atoms with Crippen LogP contribution in [-0.2, 0) is 14.3 Å². The molecule has 1 aliphatic heterocycles. The first-order chi connectivity index (χ1) is 9.54. The zero-order valence-electron chi connectivity index (χ0n) is 11.0. The van der Waals surface area contributed by atoms with Gasteiger partial charge in [-0.1, -0.05) is 0 Å². The summed E-state index contributed by atoms with van der Waals surface area (Å²) >= 11 is 0. The molecule has 1 atom stereocenters. The molecule has 3 amide bonds. The third-order valence-corrected chi connectivity index (χ3v) is 2.77. The van der Waals surface area contributed by atoms with E-state index in [9.17, 15) is 14.4 Å². The number of amides is 3. The van der Waals surface area contributed by atoms with Crippen LogP contribution in [0.1, 0.15) is 6.42 Å². The average molecular weight is 289 g/mol. The third-order valence-electron chi connectivity index (χ3n) is 2.77. The van der Waals surface area contributed by atoms with E-state index >= 15 is 0 Å². The molecule has 0 aromatic rings. The van der Waals surface area contributed by atoms with Crippen molar-refractivity contribution in [1.82, 2.24) is 15.5 Å². The van der Waals surface area contributed by atoms with Crippen molar-refractivity contribution in [3.05, 3.63) is 0 Å². The predicted molar refractivity (Wildman–Crippen MR) is 67.1 cm³/mol. The number of carbonyl (C=O) groups excluding carboxylic acids is 2. The van der Waals surface area contributed by atoms with Gasteiger partial charge in [-0.25, -0.2) is 9.59 Å². The van der Waals surface area contributed by atoms with Crippen molar-refractivity contribution in [3.63, 3.8) is 0 Å². The number of ether oxygens (including phenoxy) is 1. The van der Waals surface area contributed by atoms with E-state index < -0.39 is 24.6 Å². The van der Waals surface area contributed by atoms with Crippen molar-refractivity contribution in [2.24, 2.45) is 0 Å². The number of urea groups is 1. The fourth-order valence-electron chi connectivity index (χ4n) is 1.65. The van der Waals surface area contributed by atoms with Crippen LogP contribution >= 0.6 is 0 Å². The quantitative estimate of drug-likeness (QED) is 0.447. The van der Waals surface area contributed by atoms with Gasteiger partial charge < -0.3 is 30.5 Å². The Morgan fingerprint density at radius 1 is 1.25 bits per heavy atom. The van der Waals surface area contributed by atoms with Gasteiger partial charge in [0.1, 0.15) is 0 Å². The van der Waals surface area contributed by atoms with Crippen LogP contribution in [-0.4, -0.2) is 78.5 Å². The van der Waals surface area contributed by atoms with Crippen LogP contribution in [0.5, 0.6) is 0 Å². The van der Waals surface area contributed by atoms with E-state index in [0.717, 1.165) is 0 Å². The molecule has 1 aliphatic rings. The summed E-state index contributed by atoms with van der Waals surface area (Å²) < 4.78 is 5.12. The maximum Gasteiger partial charge on any atom is 0.328 e. The molecule has 20 heavy (non-hydrogen) atoms. The number of rotatable bonds is 6. The zero-order valence-corrected chi connectivity index (χ0v) is 11.0. The lowest BCUT2D eigenvalue weighted by molar-refractivity contribution is -0.140. The summed E-state index contributed by atoms with van der Waals surface area (Å²) in [6.07, 6.45) is 0.129. The second-order valence-corrected chi connectivity index (χ2v) is 4.22. The average Bonchev–Trinajstić information content (AvgIpc) is 2.45. The normalized spacial score (nSPS) is 16.4. The molecule has 114 valence electrons. The highest BCUT2D eigenvalue weighted by Crippen LogP contribution is 1.99. The number of carbonyl (C=O) groups is 3. The van der Waals surface area contributed by atoms with Crippen molar-refractivity contribution in [1.29, 1.82) is 0 Å². The maximum absolute atomic E-state index is 11.7. The first-order valence-electron chi connectivity index (χ1n) is 6.28. The van der Waals surface area contributed by atoms with Crippen LogP contribution in [0.3, 0.4) is 0 Å². The SMILES string of the molecule is O=C(NCCC(=O)N1CCOCC1)N[C@H](CO)C(=O)O. The van der Waals surface area contributed by atoms with Gasteiger partial charge in [0, 0.05) is 26.1 Å². The van der Waals surface area contributed by atoms with Gasteiger partial charge in [0.05, 0.1) is 19.8 Å². The van der Waals surface area contributed by atoms with Crippen molar-refractivity contribution in [3.8, 4) is 0 Å². The Morgan fingerprint density at radius 2 is 1.90 bits per heavy atom. The van der Waals surface area contributed by atoms with Crippen molar-refractivity contribution >= 4 is 17.9 Å². The molecule has 0 aromatic carbocycles. The minimum absolute atomic E-state index is 0.0921. The van der Waals surface area contributed by atoms with E-state index in [1.807, 2.05) is 0 Å². The van der Waals surface area contributed by atoms with Gasteiger partial charge in [-0.15, -0.1) is 0 Å². The number of morpholine rings is 1. The molecule has 1 saturated heterocycles. The van der Waals surface area contributed by atoms with Crippen molar-refractivity contribution in [2.45, 2.75) is 12.5 Å². The lowest BCUT2D eigenvalue weighted by Crippen LogP contribution is -2.48. The number of hydrogen-bond acceptors (Lipinski definition) is 5. The first-order valence-corrected chi connectivity index (χ1v) is 6.28. The lowest BCUT2D eigenvalue weighted by atomic mass is 10.3. The fourth-order valence-corrected chi connectivity index (χ4v) is 1.65. The fraction of sp³-hybridized carbons (Fsp3) is 0.727. The van der Waals surface area contributed by atoms with Gasteiger partial charge in [0.25, 0.3) is 0 Å². The number of aliphatic hydroxyl groups excluding tert-OH is 1. The minimum atomic E-state index is -1.36. The highest BCUT2D eigenvalue weighted by Gasteiger charge is 2.19. The Balaban J connectivity index is 2.20. The molecule has 0 aliphatic carbocycles. The largest absolute Gasteiger partial charge is 0.480 e. The van der Waals surface area contributed by atoms with Gasteiger partial charge in [0.2, 0.25) is 5.91 Å². The van der Waals surface area contributed by atoms with Gasteiger partial charge in [0.15, 0.2) is 6.04 Å². The third kappa shape index (κ3) is 5.41. The first kappa shape index (κ1) is 16.2. The molecule has 0 radical (unpaired) electrons. The van der Waals surface area contributed by atoms with Gasteiger partial charge in [-0.05, 0) is 0 Å². The summed E-state index contributed by atoms with van der Waals surface area (Å²) in [7, 11) is 0. The molecule has 0 bridgehead atoms. The van der Waals surface area contributed by atoms with Crippen LogP contribution in [0.2, 0.25) is 0 Å². The second-order valence-electron chi connectivity index (χ2n) is 4.22. The summed E-state index contributed by atoms with van der Waals surface area (Å²) in [5.41, 5.74) is 0. The Kier molecular flexibility index (Phi) is 6.74. The number of aliphatic carboxylic acids is 1. The Bertz CT molecular complexity index is 356. The molecule has 1 heterocycles. The number of carboxylic acids is 1. The zero-order chi connectivity index (χ0) is 15.0. The van der Waals surface area contributed by atoms with Crippen LogP contribution in [0.15, 0.2) is 0 Å². The van der Waals surface area contributed by atoms with Crippen LogP contribution in [0, 0.1) is 0 Å². The molecule has 0 aromatic heterocycles. The van der Waals surface area contributed by atoms with Crippen molar-refractivity contribution in [2.75, 3.05) is 39.5 Å². The lowest BCUT2D eigenvalue weighted by Gasteiger charge is -2.26. The summed E-state index contributed by atoms with van der Waals surface area (Å²) in [5.74, 6) is -1.42. The highest BCUT2D eigenvalue weighted by molar-refractivity contribution is 5.83. The molecule has 1 rings (SSSR count). The Labute approximate surface area is 115 Å². The Hall–Kier alpha value is -1.87. The number of aliphatic hydroxyl groups is 1. The predicted octanol–water partition coefficient (Wildman–Crippen LogP) is -2.02. The van der Waals surface area contributed by atoms with Gasteiger partial charge >= 0.3 is 12.0 Å². The molecular formula is C11H19N3O6. The molecule has 0 spiro atoms. The van der Waals surface area contributed by atoms with E-state index in [-0.39, 0.29) is 18.9 Å². The number of nitrogens with one attached hydrogen (secondary N) is 2. The van der Waals surface area contributed by atoms with Gasteiger partial charge in [-0.3, -0.25) is 4.79 Å². The van der Waals surface area contributed by atoms with E-state index in [0.29, 0.717) is 26.3 Å².